The van der Waals surface area contributed by atoms with Crippen molar-refractivity contribution in [2.45, 2.75) is 59.8 Å². The van der Waals surface area contributed by atoms with Crippen LogP contribution in [0.3, 0.4) is 0 Å². The smallest absolute Gasteiger partial charge is 0.123 e. The van der Waals surface area contributed by atoms with E-state index in [0.717, 1.165) is 21.9 Å². The second-order valence-electron chi connectivity index (χ2n) is 10.8. The fourth-order valence-electron chi connectivity index (χ4n) is 5.65. The molecule has 0 aliphatic heterocycles. The Kier molecular flexibility index (Phi) is 13.5. The number of hydrogen-bond acceptors (Lipinski definition) is 3. The Hall–Kier alpha value is -5.02. The van der Waals surface area contributed by atoms with Gasteiger partial charge in [0, 0.05) is 5.39 Å². The van der Waals surface area contributed by atoms with E-state index in [0.29, 0.717) is 5.75 Å². The molecule has 1 aliphatic carbocycles. The lowest BCUT2D eigenvalue weighted by molar-refractivity contribution is 0.474. The molecule has 3 nitrogen and oxygen atoms in total. The van der Waals surface area contributed by atoms with Gasteiger partial charge in [-0.05, 0) is 69.1 Å². The van der Waals surface area contributed by atoms with E-state index in [-0.39, 0.29) is 11.5 Å². The first-order chi connectivity index (χ1) is 22.4. The molecule has 1 aliphatic rings. The molecule has 0 aromatic heterocycles. The van der Waals surface area contributed by atoms with Gasteiger partial charge < -0.3 is 15.3 Å². The average molecular weight is 613 g/mol. The molecular formula is C43H48O3. The van der Waals surface area contributed by atoms with Gasteiger partial charge in [0.05, 0.1) is 5.41 Å². The van der Waals surface area contributed by atoms with Crippen molar-refractivity contribution in [2.24, 2.45) is 0 Å². The van der Waals surface area contributed by atoms with Crippen LogP contribution in [0.2, 0.25) is 0 Å². The SMILES string of the molecule is CC.CCC.CCC.Oc1ccc(C2(c3ccc(O)cc3)c3ccccc3-c3ccccc32)cc1.Oc1cccc2ccccc12. The first kappa shape index (κ1) is 35.5. The summed E-state index contributed by atoms with van der Waals surface area (Å²) in [7, 11) is 0. The molecule has 6 aromatic rings. The molecule has 0 fully saturated rings. The van der Waals surface area contributed by atoms with Gasteiger partial charge in [0.1, 0.15) is 17.2 Å². The molecule has 0 saturated carbocycles. The topological polar surface area (TPSA) is 60.7 Å². The summed E-state index contributed by atoms with van der Waals surface area (Å²) >= 11 is 0. The lowest BCUT2D eigenvalue weighted by Gasteiger charge is -2.33. The van der Waals surface area contributed by atoms with Crippen LogP contribution in [0.15, 0.2) is 140 Å². The van der Waals surface area contributed by atoms with Gasteiger partial charge in [0.15, 0.2) is 0 Å². The molecule has 0 unspecified atom stereocenters. The fourth-order valence-corrected chi connectivity index (χ4v) is 5.65. The highest BCUT2D eigenvalue weighted by Gasteiger charge is 2.45. The molecule has 0 bridgehead atoms. The normalized spacial score (nSPS) is 11.4. The number of fused-ring (bicyclic) bond motifs is 4. The summed E-state index contributed by atoms with van der Waals surface area (Å²) in [6, 6.07) is 45.1. The Morgan fingerprint density at radius 3 is 1.24 bits per heavy atom. The highest BCUT2D eigenvalue weighted by molar-refractivity contribution is 5.88. The molecule has 0 spiro atoms. The highest BCUT2D eigenvalue weighted by atomic mass is 16.3. The van der Waals surface area contributed by atoms with E-state index >= 15 is 0 Å². The summed E-state index contributed by atoms with van der Waals surface area (Å²) in [5, 5.41) is 31.1. The minimum Gasteiger partial charge on any atom is -0.508 e. The maximum absolute atomic E-state index is 9.85. The van der Waals surface area contributed by atoms with Crippen LogP contribution in [0.25, 0.3) is 21.9 Å². The third-order valence-electron chi connectivity index (χ3n) is 7.32. The van der Waals surface area contributed by atoms with E-state index < -0.39 is 5.41 Å². The molecule has 3 heteroatoms. The van der Waals surface area contributed by atoms with Crippen LogP contribution >= 0.6 is 0 Å². The average Bonchev–Trinajstić information content (AvgIpc) is 3.39. The summed E-state index contributed by atoms with van der Waals surface area (Å²) in [4.78, 5) is 0. The Morgan fingerprint density at radius 1 is 0.435 bits per heavy atom. The highest BCUT2D eigenvalue weighted by Crippen LogP contribution is 2.56. The van der Waals surface area contributed by atoms with Gasteiger partial charge in [-0.15, -0.1) is 0 Å². The van der Waals surface area contributed by atoms with Crippen LogP contribution in [-0.2, 0) is 5.41 Å². The van der Waals surface area contributed by atoms with Crippen LogP contribution < -0.4 is 0 Å². The van der Waals surface area contributed by atoms with Crippen LogP contribution in [0.4, 0.5) is 0 Å². The van der Waals surface area contributed by atoms with Crippen molar-refractivity contribution in [1.82, 2.24) is 0 Å². The number of phenolic OH excluding ortho intramolecular Hbond substituents is 3. The summed E-state index contributed by atoms with van der Waals surface area (Å²) in [5.74, 6) is 0.849. The van der Waals surface area contributed by atoms with Gasteiger partial charge in [0.25, 0.3) is 0 Å². The molecule has 238 valence electrons. The Balaban J connectivity index is 0.000000251. The van der Waals surface area contributed by atoms with Crippen LogP contribution in [0, 0.1) is 0 Å². The monoisotopic (exact) mass is 612 g/mol. The standard InChI is InChI=1S/C25H18O2.C10H8O.2C3H8.C2H6/c26-19-13-9-17(10-14-19)25(18-11-15-20(27)16-12-18)23-7-3-1-5-21(23)22-6-2-4-8-24(22)25;11-10-7-3-5-8-4-1-2-6-9(8)10;2*1-3-2;1-2/h1-16,26-27H;1-7,11H;2*3H2,1-2H3;1-2H3. The van der Waals surface area contributed by atoms with E-state index in [9.17, 15) is 15.3 Å². The first-order valence-electron chi connectivity index (χ1n) is 16.4. The van der Waals surface area contributed by atoms with Crippen LogP contribution in [0.5, 0.6) is 17.2 Å². The fraction of sp³-hybridized carbons (Fsp3) is 0.209. The Morgan fingerprint density at radius 2 is 0.804 bits per heavy atom. The third kappa shape index (κ3) is 7.61. The lowest BCUT2D eigenvalue weighted by atomic mass is 9.68. The zero-order chi connectivity index (χ0) is 33.5. The quantitative estimate of drug-likeness (QED) is 0.182. The molecule has 0 radical (unpaired) electrons. The molecule has 0 heterocycles. The van der Waals surface area contributed by atoms with E-state index in [1.54, 1.807) is 30.3 Å². The van der Waals surface area contributed by atoms with Crippen molar-refractivity contribution < 1.29 is 15.3 Å². The molecular weight excluding hydrogens is 564 g/mol. The van der Waals surface area contributed by atoms with Crippen LogP contribution in [-0.4, -0.2) is 15.3 Å². The summed E-state index contributed by atoms with van der Waals surface area (Å²) < 4.78 is 0. The van der Waals surface area contributed by atoms with Crippen molar-refractivity contribution in [2.75, 3.05) is 0 Å². The molecule has 0 atom stereocenters. The van der Waals surface area contributed by atoms with Crippen molar-refractivity contribution >= 4 is 10.8 Å². The molecule has 6 aromatic carbocycles. The van der Waals surface area contributed by atoms with Gasteiger partial charge in [0.2, 0.25) is 0 Å². The molecule has 0 saturated heterocycles. The Labute approximate surface area is 275 Å². The third-order valence-corrected chi connectivity index (χ3v) is 7.32. The zero-order valence-corrected chi connectivity index (χ0v) is 28.0. The maximum atomic E-state index is 9.85. The number of aromatic hydroxyl groups is 3. The van der Waals surface area contributed by atoms with Gasteiger partial charge >= 0.3 is 0 Å². The maximum Gasteiger partial charge on any atom is 0.123 e. The van der Waals surface area contributed by atoms with Gasteiger partial charge in [-0.3, -0.25) is 0 Å². The molecule has 46 heavy (non-hydrogen) atoms. The van der Waals surface area contributed by atoms with Crippen molar-refractivity contribution in [3.05, 3.63) is 162 Å². The second kappa shape index (κ2) is 17.5. The largest absolute Gasteiger partial charge is 0.508 e. The molecule has 3 N–H and O–H groups in total. The number of hydrogen-bond donors (Lipinski definition) is 3. The minimum absolute atomic E-state index is 0.249. The minimum atomic E-state index is -0.491. The summed E-state index contributed by atoms with van der Waals surface area (Å²) in [6.07, 6.45) is 2.50. The number of benzene rings is 6. The predicted octanol–water partition coefficient (Wildman–Crippen LogP) is 11.9. The van der Waals surface area contributed by atoms with E-state index in [2.05, 4.69) is 76.2 Å². The predicted molar refractivity (Wildman–Crippen MR) is 196 cm³/mol. The number of phenols is 3. The lowest BCUT2D eigenvalue weighted by Crippen LogP contribution is -2.28. The van der Waals surface area contributed by atoms with Crippen molar-refractivity contribution in [3.8, 4) is 28.4 Å². The number of rotatable bonds is 2. The Bertz CT molecular complexity index is 1670. The van der Waals surface area contributed by atoms with Crippen molar-refractivity contribution in [1.29, 1.82) is 0 Å². The van der Waals surface area contributed by atoms with E-state index in [1.165, 1.54) is 35.1 Å². The second-order valence-corrected chi connectivity index (χ2v) is 10.8. The summed E-state index contributed by atoms with van der Waals surface area (Å²) in [5.41, 5.74) is 6.54. The van der Waals surface area contributed by atoms with Gasteiger partial charge in [-0.2, -0.15) is 0 Å². The van der Waals surface area contributed by atoms with Crippen molar-refractivity contribution in [3.63, 3.8) is 0 Å². The van der Waals surface area contributed by atoms with Gasteiger partial charge in [-0.1, -0.05) is 164 Å². The molecule has 0 amide bonds. The van der Waals surface area contributed by atoms with E-state index in [1.807, 2.05) is 74.5 Å². The zero-order valence-electron chi connectivity index (χ0n) is 28.0. The van der Waals surface area contributed by atoms with E-state index in [4.69, 9.17) is 0 Å². The first-order valence-corrected chi connectivity index (χ1v) is 16.4. The van der Waals surface area contributed by atoms with Gasteiger partial charge in [-0.25, -0.2) is 0 Å². The van der Waals surface area contributed by atoms with Crippen LogP contribution in [0.1, 0.15) is 76.6 Å². The summed E-state index contributed by atoms with van der Waals surface area (Å²) in [6.45, 7) is 12.5. The molecule has 7 rings (SSSR count).